The van der Waals surface area contributed by atoms with Crippen molar-refractivity contribution in [2.75, 3.05) is 13.1 Å². The fourth-order valence-electron chi connectivity index (χ4n) is 6.98. The number of ketones is 1. The minimum absolute atomic E-state index is 0. The van der Waals surface area contributed by atoms with Crippen LogP contribution >= 0.6 is 0 Å². The second-order valence-corrected chi connectivity index (χ2v) is 18.9. The number of likely N-dealkylation sites (tertiary alicyclic amines) is 1. The summed E-state index contributed by atoms with van der Waals surface area (Å²) in [6, 6.07) is 4.95. The van der Waals surface area contributed by atoms with Gasteiger partial charge in [-0.25, -0.2) is 17.6 Å². The number of amides is 1. The quantitative estimate of drug-likeness (QED) is 0.0882. The van der Waals surface area contributed by atoms with Crippen LogP contribution in [0.1, 0.15) is 87.4 Å². The van der Waals surface area contributed by atoms with E-state index < -0.39 is 68.9 Å². The molecule has 2 aromatic carbocycles. The summed E-state index contributed by atoms with van der Waals surface area (Å²) in [6.45, 7) is 7.43. The van der Waals surface area contributed by atoms with Gasteiger partial charge in [0.2, 0.25) is 11.5 Å². The van der Waals surface area contributed by atoms with Gasteiger partial charge in [0.15, 0.2) is 23.3 Å². The molecule has 15 heteroatoms. The number of carbonyl (C=O) groups is 2. The Hall–Kier alpha value is -3.72. The highest BCUT2D eigenvalue weighted by Crippen LogP contribution is 2.47. The molecule has 0 saturated carbocycles. The summed E-state index contributed by atoms with van der Waals surface area (Å²) < 4.78 is 129. The van der Waals surface area contributed by atoms with E-state index in [0.717, 1.165) is 44.6 Å². The Labute approximate surface area is 295 Å². The normalized spacial score (nSPS) is 17.7. The van der Waals surface area contributed by atoms with E-state index in [-0.39, 0.29) is 43.0 Å². The molecule has 0 spiro atoms. The first-order valence-corrected chi connectivity index (χ1v) is 20.2. The van der Waals surface area contributed by atoms with Crippen LogP contribution in [-0.4, -0.2) is 51.7 Å². The summed E-state index contributed by atoms with van der Waals surface area (Å²) in [5.41, 5.74) is -5.92. The molecule has 0 N–H and O–H groups in total. The second-order valence-electron chi connectivity index (χ2n) is 13.1. The highest BCUT2D eigenvalue weighted by Gasteiger charge is 2.51. The maximum absolute atomic E-state index is 16.2. The third kappa shape index (κ3) is 7.46. The van der Waals surface area contributed by atoms with E-state index in [1.54, 1.807) is 11.8 Å². The molecule has 3 aliphatic rings. The van der Waals surface area contributed by atoms with Crippen molar-refractivity contribution in [3.63, 3.8) is 0 Å². The molecule has 280 valence electrons. The van der Waals surface area contributed by atoms with Crippen molar-refractivity contribution in [1.29, 1.82) is 0 Å². The highest BCUT2D eigenvalue weighted by atomic mass is 32.2. The van der Waals surface area contributed by atoms with Gasteiger partial charge in [-0.05, 0) is 88.2 Å². The van der Waals surface area contributed by atoms with Crippen LogP contribution in [0.4, 0.5) is 30.7 Å². The van der Waals surface area contributed by atoms with E-state index in [1.165, 1.54) is 31.3 Å². The number of benzene rings is 2. The molecule has 51 heavy (non-hydrogen) atoms. The molecule has 0 atom stereocenters. The molecular weight excluding hydrogens is 720 g/mol. The van der Waals surface area contributed by atoms with Crippen LogP contribution in [0.25, 0.3) is 5.57 Å². The van der Waals surface area contributed by atoms with Gasteiger partial charge in [-0.3, -0.25) is 9.59 Å². The zero-order chi connectivity index (χ0) is 36.2. The second kappa shape index (κ2) is 15.1. The van der Waals surface area contributed by atoms with Crippen LogP contribution in [0.15, 0.2) is 52.8 Å². The van der Waals surface area contributed by atoms with Crippen molar-refractivity contribution in [2.45, 2.75) is 85.8 Å². The average molecular weight is 762 g/mol. The van der Waals surface area contributed by atoms with Crippen molar-refractivity contribution in [2.24, 2.45) is 5.92 Å². The molecule has 1 saturated heterocycles. The average Bonchev–Trinajstić information content (AvgIpc) is 3.01. The third-order valence-corrected chi connectivity index (χ3v) is 13.9. The van der Waals surface area contributed by atoms with Gasteiger partial charge in [0.25, 0.3) is 5.91 Å². The van der Waals surface area contributed by atoms with Crippen LogP contribution in [0.5, 0.6) is 5.75 Å². The number of hydrogen-bond acceptors (Lipinski definition) is 5. The molecule has 6 nitrogen and oxygen atoms in total. The molecular formula is C36H42F7NO5SSi. The summed E-state index contributed by atoms with van der Waals surface area (Å²) in [5.74, 6) is -9.93. The van der Waals surface area contributed by atoms with Crippen molar-refractivity contribution in [3.05, 3.63) is 86.7 Å². The first kappa shape index (κ1) is 41.7. The van der Waals surface area contributed by atoms with E-state index >= 15 is 13.2 Å². The Morgan fingerprint density at radius 3 is 2.20 bits per heavy atom. The fraction of sp³-hybridized carbons (Fsp3) is 0.444. The van der Waals surface area contributed by atoms with E-state index in [2.05, 4.69) is 11.1 Å². The SMILES string of the molecule is C.C.CCCCCC1CCN(C(=O)c2ccc(C3=C4C=C(F)C(=O)C(F)=C4[Si](C)(C)c4c3cc(F)c(OS(=O)(=O)C(F)(F)F)c4F)c(C)c2)CC1. The Balaban J connectivity index is 0.00000351. The summed E-state index contributed by atoms with van der Waals surface area (Å²) in [7, 11) is -10.5. The Bertz CT molecular complexity index is 1940. The predicted octanol–water partition coefficient (Wildman–Crippen LogP) is 9.14. The zero-order valence-electron chi connectivity index (χ0n) is 27.2. The van der Waals surface area contributed by atoms with E-state index in [4.69, 9.17) is 0 Å². The number of unbranched alkanes of at least 4 members (excludes halogenated alkanes) is 2. The number of nitrogens with zero attached hydrogens (tertiary/aromatic N) is 1. The molecule has 1 amide bonds. The van der Waals surface area contributed by atoms with E-state index in [1.807, 2.05) is 0 Å². The Kier molecular flexibility index (Phi) is 12.3. The minimum Gasteiger partial charge on any atom is -0.370 e. The summed E-state index contributed by atoms with van der Waals surface area (Å²) >= 11 is 0. The number of halogens is 7. The number of Topliss-reactive ketones (excluding diaryl/α,β-unsaturated/α-hetero) is 1. The predicted molar refractivity (Wildman–Crippen MR) is 185 cm³/mol. The molecule has 1 aliphatic carbocycles. The summed E-state index contributed by atoms with van der Waals surface area (Å²) in [4.78, 5) is 27.7. The van der Waals surface area contributed by atoms with Crippen LogP contribution in [-0.2, 0) is 14.9 Å². The number of rotatable bonds is 8. The zero-order valence-corrected chi connectivity index (χ0v) is 29.0. The van der Waals surface area contributed by atoms with Crippen LogP contribution < -0.4 is 9.37 Å². The van der Waals surface area contributed by atoms with Gasteiger partial charge in [0.05, 0.1) is 0 Å². The number of hydrogen-bond donors (Lipinski definition) is 0. The van der Waals surface area contributed by atoms with Crippen molar-refractivity contribution in [1.82, 2.24) is 4.90 Å². The van der Waals surface area contributed by atoms with E-state index in [0.29, 0.717) is 36.2 Å². The number of alkyl halides is 3. The smallest absolute Gasteiger partial charge is 0.370 e. The topological polar surface area (TPSA) is 80.8 Å². The van der Waals surface area contributed by atoms with Gasteiger partial charge in [-0.1, -0.05) is 66.6 Å². The van der Waals surface area contributed by atoms with Gasteiger partial charge in [-0.15, -0.1) is 0 Å². The highest BCUT2D eigenvalue weighted by molar-refractivity contribution is 7.88. The number of fused-ring (bicyclic) bond motifs is 2. The van der Waals surface area contributed by atoms with Gasteiger partial charge >= 0.3 is 15.6 Å². The van der Waals surface area contributed by atoms with Crippen LogP contribution in [0.3, 0.4) is 0 Å². The lowest BCUT2D eigenvalue weighted by Gasteiger charge is -2.38. The van der Waals surface area contributed by atoms with Crippen LogP contribution in [0.2, 0.25) is 13.1 Å². The molecule has 2 aliphatic heterocycles. The first-order valence-electron chi connectivity index (χ1n) is 15.8. The Morgan fingerprint density at radius 2 is 1.63 bits per heavy atom. The number of allylic oxidation sites excluding steroid dienone is 5. The van der Waals surface area contributed by atoms with Gasteiger partial charge in [-0.2, -0.15) is 21.6 Å². The van der Waals surface area contributed by atoms with Gasteiger partial charge in [0.1, 0.15) is 8.07 Å². The number of piperidine rings is 1. The maximum atomic E-state index is 16.2. The molecule has 0 unspecified atom stereocenters. The molecule has 1 fully saturated rings. The molecule has 0 bridgehead atoms. The third-order valence-electron chi connectivity index (χ3n) is 9.48. The number of carbonyl (C=O) groups excluding carboxylic acids is 2. The molecule has 2 aromatic rings. The van der Waals surface area contributed by atoms with Gasteiger partial charge in [0, 0.05) is 18.7 Å². The van der Waals surface area contributed by atoms with Gasteiger partial charge < -0.3 is 9.08 Å². The maximum Gasteiger partial charge on any atom is 0.534 e. The largest absolute Gasteiger partial charge is 0.534 e. The van der Waals surface area contributed by atoms with Crippen LogP contribution in [0, 0.1) is 24.5 Å². The molecule has 5 rings (SSSR count). The first-order chi connectivity index (χ1) is 22.8. The monoisotopic (exact) mass is 761 g/mol. The Morgan fingerprint density at radius 1 is 1.00 bits per heavy atom. The standard InChI is InChI=1S/C34H34F7NO5SSi.2CH4/c1-5-6-7-8-19-11-13-42(14-12-19)33(44)20-9-10-21(18(2)15-20)26-22-16-24(35)29(43)27(37)31(22)49(3,4)32-23(26)17-25(36)30(28(32)38)47-48(45,46)34(39,40)41;;/h9-10,15-17,19H,5-8,11-14H2,1-4H3;2*1H4. The molecule has 2 heterocycles. The summed E-state index contributed by atoms with van der Waals surface area (Å²) in [5, 5.41) is -0.979. The fourth-order valence-corrected chi connectivity index (χ4v) is 10.8. The van der Waals surface area contributed by atoms with E-state index in [9.17, 15) is 35.6 Å². The summed E-state index contributed by atoms with van der Waals surface area (Å²) in [6.07, 6.45) is 6.99. The molecule has 0 aromatic heterocycles. The van der Waals surface area contributed by atoms with Crippen molar-refractivity contribution in [3.8, 4) is 5.75 Å². The lowest BCUT2D eigenvalue weighted by molar-refractivity contribution is -0.115. The lowest BCUT2D eigenvalue weighted by Crippen LogP contribution is -2.52. The van der Waals surface area contributed by atoms with Crippen molar-refractivity contribution < 1.29 is 52.9 Å². The number of aryl methyl sites for hydroxylation is 1. The molecule has 0 radical (unpaired) electrons. The minimum atomic E-state index is -6.53. The van der Waals surface area contributed by atoms with Crippen molar-refractivity contribution >= 4 is 40.6 Å². The lowest BCUT2D eigenvalue weighted by atomic mass is 9.86.